The molecular weight excluding hydrogens is 168 g/mol. The Balaban J connectivity index is 2.29. The van der Waals surface area contributed by atoms with Crippen LogP contribution in [0.5, 0.6) is 0 Å². The van der Waals surface area contributed by atoms with E-state index < -0.39 is 0 Å². The summed E-state index contributed by atoms with van der Waals surface area (Å²) in [6.45, 7) is 9.81. The Hall–Kier alpha value is -0.310. The maximum Gasteiger partial charge on any atom is 0.168 e. The first-order valence-corrected chi connectivity index (χ1v) is 5.05. The fourth-order valence-corrected chi connectivity index (χ4v) is 1.78. The molecule has 0 bridgehead atoms. The molecule has 1 fully saturated rings. The quantitative estimate of drug-likeness (QED) is 0.660. The molecule has 0 aliphatic carbocycles. The molecule has 12 heavy (non-hydrogen) atoms. The molecule has 70 valence electrons. The molecule has 3 heteroatoms. The highest BCUT2D eigenvalue weighted by molar-refractivity contribution is 7.80. The molecule has 1 heterocycles. The Bertz CT molecular complexity index is 173. The third-order valence-electron chi connectivity index (χ3n) is 2.61. The molecular formula is C9H18N2S. The fourth-order valence-electron chi connectivity index (χ4n) is 1.51. The van der Waals surface area contributed by atoms with Gasteiger partial charge in [-0.15, -0.1) is 0 Å². The van der Waals surface area contributed by atoms with Gasteiger partial charge < -0.3 is 10.2 Å². The Morgan fingerprint density at radius 2 is 2.08 bits per heavy atom. The summed E-state index contributed by atoms with van der Waals surface area (Å²) in [7, 11) is 0. The molecule has 0 aromatic rings. The Labute approximate surface area is 80.3 Å². The average molecular weight is 186 g/mol. The SMILES string of the molecule is CCNC(=S)N1CC(C)(CC)C1. The highest BCUT2D eigenvalue weighted by Crippen LogP contribution is 2.32. The predicted molar refractivity (Wildman–Crippen MR) is 56.2 cm³/mol. The van der Waals surface area contributed by atoms with Gasteiger partial charge in [0.1, 0.15) is 0 Å². The second-order valence-corrected chi connectivity index (χ2v) is 4.24. The van der Waals surface area contributed by atoms with Crippen molar-refractivity contribution in [1.29, 1.82) is 0 Å². The first-order chi connectivity index (χ1) is 5.61. The largest absolute Gasteiger partial charge is 0.363 e. The monoisotopic (exact) mass is 186 g/mol. The first-order valence-electron chi connectivity index (χ1n) is 4.64. The van der Waals surface area contributed by atoms with Crippen LogP contribution in [-0.2, 0) is 0 Å². The summed E-state index contributed by atoms with van der Waals surface area (Å²) in [6.07, 6.45) is 1.25. The summed E-state index contributed by atoms with van der Waals surface area (Å²) < 4.78 is 0. The standard InChI is InChI=1S/C9H18N2S/c1-4-9(3)6-11(7-9)8(12)10-5-2/h4-7H2,1-3H3,(H,10,12). The summed E-state index contributed by atoms with van der Waals surface area (Å²) in [6, 6.07) is 0. The third kappa shape index (κ3) is 1.89. The Morgan fingerprint density at radius 3 is 2.50 bits per heavy atom. The van der Waals surface area contributed by atoms with Crippen LogP contribution in [0, 0.1) is 5.41 Å². The minimum atomic E-state index is 0.513. The summed E-state index contributed by atoms with van der Waals surface area (Å²) in [5, 5.41) is 4.09. The topological polar surface area (TPSA) is 15.3 Å². The summed E-state index contributed by atoms with van der Waals surface area (Å²) in [5.74, 6) is 0. The van der Waals surface area contributed by atoms with Crippen LogP contribution >= 0.6 is 12.2 Å². The van der Waals surface area contributed by atoms with Gasteiger partial charge in [-0.05, 0) is 25.6 Å². The van der Waals surface area contributed by atoms with Crippen molar-refractivity contribution >= 4 is 17.3 Å². The van der Waals surface area contributed by atoms with Crippen LogP contribution in [0.2, 0.25) is 0 Å². The highest BCUT2D eigenvalue weighted by atomic mass is 32.1. The number of rotatable bonds is 2. The van der Waals surface area contributed by atoms with E-state index in [1.54, 1.807) is 0 Å². The number of likely N-dealkylation sites (tertiary alicyclic amines) is 1. The van der Waals surface area contributed by atoms with Gasteiger partial charge in [0.2, 0.25) is 0 Å². The van der Waals surface area contributed by atoms with Crippen LogP contribution in [0.15, 0.2) is 0 Å². The van der Waals surface area contributed by atoms with Gasteiger partial charge in [0.25, 0.3) is 0 Å². The van der Waals surface area contributed by atoms with Gasteiger partial charge in [0.05, 0.1) is 0 Å². The molecule has 0 amide bonds. The first kappa shape index (κ1) is 9.78. The van der Waals surface area contributed by atoms with Gasteiger partial charge >= 0.3 is 0 Å². The van der Waals surface area contributed by atoms with Crippen molar-refractivity contribution in [3.05, 3.63) is 0 Å². The van der Waals surface area contributed by atoms with E-state index >= 15 is 0 Å². The molecule has 0 spiro atoms. The lowest BCUT2D eigenvalue weighted by Crippen LogP contribution is -2.59. The van der Waals surface area contributed by atoms with Crippen molar-refractivity contribution in [3.63, 3.8) is 0 Å². The maximum atomic E-state index is 5.19. The molecule has 1 aliphatic heterocycles. The lowest BCUT2D eigenvalue weighted by Gasteiger charge is -2.49. The predicted octanol–water partition coefficient (Wildman–Crippen LogP) is 1.61. The molecule has 2 nitrogen and oxygen atoms in total. The molecule has 1 rings (SSSR count). The van der Waals surface area contributed by atoms with Crippen molar-refractivity contribution in [1.82, 2.24) is 10.2 Å². The lowest BCUT2D eigenvalue weighted by atomic mass is 9.80. The van der Waals surface area contributed by atoms with Gasteiger partial charge in [0.15, 0.2) is 5.11 Å². The van der Waals surface area contributed by atoms with Gasteiger partial charge in [-0.1, -0.05) is 13.8 Å². The maximum absolute atomic E-state index is 5.19. The van der Waals surface area contributed by atoms with Crippen molar-refractivity contribution in [3.8, 4) is 0 Å². The van der Waals surface area contributed by atoms with E-state index in [9.17, 15) is 0 Å². The van der Waals surface area contributed by atoms with E-state index in [0.717, 1.165) is 24.7 Å². The summed E-state index contributed by atoms with van der Waals surface area (Å²) >= 11 is 5.19. The van der Waals surface area contributed by atoms with E-state index in [1.807, 2.05) is 0 Å². The van der Waals surface area contributed by atoms with Crippen molar-refractivity contribution in [2.45, 2.75) is 27.2 Å². The van der Waals surface area contributed by atoms with E-state index in [4.69, 9.17) is 12.2 Å². The molecule has 0 unspecified atom stereocenters. The molecule has 0 radical (unpaired) electrons. The molecule has 1 N–H and O–H groups in total. The summed E-state index contributed by atoms with van der Waals surface area (Å²) in [4.78, 5) is 2.24. The van der Waals surface area contributed by atoms with Crippen LogP contribution in [0.25, 0.3) is 0 Å². The minimum absolute atomic E-state index is 0.513. The molecule has 1 aliphatic rings. The third-order valence-corrected chi connectivity index (χ3v) is 3.02. The van der Waals surface area contributed by atoms with E-state index in [0.29, 0.717) is 5.41 Å². The van der Waals surface area contributed by atoms with Crippen molar-refractivity contribution < 1.29 is 0 Å². The number of nitrogens with one attached hydrogen (secondary N) is 1. The Morgan fingerprint density at radius 1 is 1.50 bits per heavy atom. The molecule has 0 saturated carbocycles. The molecule has 1 saturated heterocycles. The smallest absolute Gasteiger partial charge is 0.168 e. The second kappa shape index (κ2) is 3.60. The number of hydrogen-bond acceptors (Lipinski definition) is 1. The van der Waals surface area contributed by atoms with Crippen LogP contribution < -0.4 is 5.32 Å². The van der Waals surface area contributed by atoms with Crippen LogP contribution in [0.1, 0.15) is 27.2 Å². The number of nitrogens with zero attached hydrogens (tertiary/aromatic N) is 1. The lowest BCUT2D eigenvalue weighted by molar-refractivity contribution is 0.0737. The molecule has 0 aromatic heterocycles. The summed E-state index contributed by atoms with van der Waals surface area (Å²) in [5.41, 5.74) is 0.513. The zero-order valence-electron chi connectivity index (χ0n) is 8.18. The van der Waals surface area contributed by atoms with Gasteiger partial charge in [-0.25, -0.2) is 0 Å². The van der Waals surface area contributed by atoms with E-state index in [-0.39, 0.29) is 0 Å². The highest BCUT2D eigenvalue weighted by Gasteiger charge is 2.37. The zero-order chi connectivity index (χ0) is 9.19. The molecule has 0 aromatic carbocycles. The van der Waals surface area contributed by atoms with E-state index in [2.05, 4.69) is 31.0 Å². The van der Waals surface area contributed by atoms with Crippen LogP contribution in [0.3, 0.4) is 0 Å². The minimum Gasteiger partial charge on any atom is -0.363 e. The number of thiocarbonyl (C=S) groups is 1. The average Bonchev–Trinajstić information content (AvgIpc) is 1.99. The van der Waals surface area contributed by atoms with Crippen molar-refractivity contribution in [2.75, 3.05) is 19.6 Å². The van der Waals surface area contributed by atoms with Crippen molar-refractivity contribution in [2.24, 2.45) is 5.41 Å². The fraction of sp³-hybridized carbons (Fsp3) is 0.889. The van der Waals surface area contributed by atoms with Gasteiger partial charge in [-0.3, -0.25) is 0 Å². The number of hydrogen-bond donors (Lipinski definition) is 1. The molecule has 0 atom stereocenters. The zero-order valence-corrected chi connectivity index (χ0v) is 9.00. The second-order valence-electron chi connectivity index (χ2n) is 3.86. The Kier molecular flexibility index (Phi) is 2.94. The van der Waals surface area contributed by atoms with Crippen LogP contribution in [0.4, 0.5) is 0 Å². The van der Waals surface area contributed by atoms with E-state index in [1.165, 1.54) is 6.42 Å². The van der Waals surface area contributed by atoms with Gasteiger partial charge in [-0.2, -0.15) is 0 Å². The van der Waals surface area contributed by atoms with Gasteiger partial charge in [0, 0.05) is 25.0 Å². The normalized spacial score (nSPS) is 20.1. The van der Waals surface area contributed by atoms with Crippen LogP contribution in [-0.4, -0.2) is 29.6 Å².